The summed E-state index contributed by atoms with van der Waals surface area (Å²) in [6.07, 6.45) is -0.212. The van der Waals surface area contributed by atoms with E-state index in [1.54, 1.807) is 23.5 Å². The lowest BCUT2D eigenvalue weighted by Gasteiger charge is -2.18. The molecule has 0 fully saturated rings. The average molecular weight is 423 g/mol. The first-order chi connectivity index (χ1) is 14.5. The van der Waals surface area contributed by atoms with Crippen LogP contribution in [-0.4, -0.2) is 28.9 Å². The van der Waals surface area contributed by atoms with Crippen molar-refractivity contribution in [1.82, 2.24) is 10.6 Å². The number of thiophene rings is 1. The van der Waals surface area contributed by atoms with Crippen molar-refractivity contribution in [2.75, 3.05) is 0 Å². The molecule has 2 amide bonds. The number of rotatable bonds is 9. The summed E-state index contributed by atoms with van der Waals surface area (Å²) in [5.74, 6) is -1.85. The fourth-order valence-electron chi connectivity index (χ4n) is 2.92. The second kappa shape index (κ2) is 10.4. The van der Waals surface area contributed by atoms with E-state index < -0.39 is 23.8 Å². The van der Waals surface area contributed by atoms with E-state index in [4.69, 9.17) is 5.11 Å². The molecule has 2 aromatic carbocycles. The predicted molar refractivity (Wildman–Crippen MR) is 116 cm³/mol. The minimum absolute atomic E-state index is 0.00890. The molecule has 1 heterocycles. The zero-order valence-electron chi connectivity index (χ0n) is 16.2. The number of carbonyl (C=O) groups excluding carboxylic acids is 2. The zero-order chi connectivity index (χ0) is 21.3. The van der Waals surface area contributed by atoms with E-state index in [0.29, 0.717) is 12.1 Å². The van der Waals surface area contributed by atoms with Gasteiger partial charge in [0.15, 0.2) is 0 Å². The third-order valence-electron chi connectivity index (χ3n) is 4.53. The molecule has 3 aromatic rings. The normalized spacial score (nSPS) is 11.5. The molecular formula is C23H22N2O4S. The van der Waals surface area contributed by atoms with Crippen molar-refractivity contribution < 1.29 is 19.5 Å². The molecule has 154 valence electrons. The van der Waals surface area contributed by atoms with E-state index in [-0.39, 0.29) is 12.8 Å². The van der Waals surface area contributed by atoms with Gasteiger partial charge in [0.05, 0.1) is 0 Å². The van der Waals surface area contributed by atoms with Crippen molar-refractivity contribution in [2.24, 2.45) is 0 Å². The van der Waals surface area contributed by atoms with Crippen molar-refractivity contribution in [3.8, 4) is 10.4 Å². The van der Waals surface area contributed by atoms with E-state index in [1.165, 1.54) is 0 Å². The van der Waals surface area contributed by atoms with Crippen LogP contribution in [-0.2, 0) is 16.1 Å². The average Bonchev–Trinajstić information content (AvgIpc) is 3.30. The van der Waals surface area contributed by atoms with Crippen LogP contribution >= 0.6 is 11.3 Å². The first kappa shape index (κ1) is 21.3. The van der Waals surface area contributed by atoms with Gasteiger partial charge in [-0.05, 0) is 41.1 Å². The molecular weight excluding hydrogens is 400 g/mol. The summed E-state index contributed by atoms with van der Waals surface area (Å²) in [5, 5.41) is 16.4. The maximum absolute atomic E-state index is 12.6. The Balaban J connectivity index is 1.64. The lowest BCUT2D eigenvalue weighted by Crippen LogP contribution is -2.46. The van der Waals surface area contributed by atoms with Gasteiger partial charge in [0, 0.05) is 23.4 Å². The number of benzene rings is 2. The number of amides is 2. The Labute approximate surface area is 178 Å². The van der Waals surface area contributed by atoms with Gasteiger partial charge in [-0.15, -0.1) is 11.3 Å². The Hall–Kier alpha value is -3.45. The van der Waals surface area contributed by atoms with Gasteiger partial charge >= 0.3 is 5.97 Å². The number of carboxylic acid groups (broad SMARTS) is 1. The molecule has 0 spiro atoms. The third-order valence-corrected chi connectivity index (χ3v) is 5.45. The van der Waals surface area contributed by atoms with Crippen LogP contribution in [0.2, 0.25) is 0 Å². The zero-order valence-corrected chi connectivity index (χ0v) is 17.0. The molecule has 30 heavy (non-hydrogen) atoms. The number of aliphatic carboxylic acids is 1. The largest absolute Gasteiger partial charge is 0.481 e. The molecule has 3 rings (SSSR count). The Kier molecular flexibility index (Phi) is 7.34. The van der Waals surface area contributed by atoms with Gasteiger partial charge in [0.25, 0.3) is 5.91 Å². The Morgan fingerprint density at radius 3 is 2.30 bits per heavy atom. The molecule has 1 atom stereocenters. The molecule has 0 bridgehead atoms. The summed E-state index contributed by atoms with van der Waals surface area (Å²) in [6, 6.07) is 19.5. The predicted octanol–water partition coefficient (Wildman–Crippen LogP) is 3.69. The molecule has 0 saturated heterocycles. The number of carboxylic acids is 1. The van der Waals surface area contributed by atoms with Gasteiger partial charge < -0.3 is 15.7 Å². The summed E-state index contributed by atoms with van der Waals surface area (Å²) in [6.45, 7) is 0.300. The van der Waals surface area contributed by atoms with Crippen molar-refractivity contribution in [3.05, 3.63) is 83.2 Å². The highest BCUT2D eigenvalue weighted by Gasteiger charge is 2.22. The van der Waals surface area contributed by atoms with Gasteiger partial charge in [-0.2, -0.15) is 0 Å². The lowest BCUT2D eigenvalue weighted by atomic mass is 10.1. The molecule has 0 aliphatic carbocycles. The molecule has 1 aromatic heterocycles. The van der Waals surface area contributed by atoms with Gasteiger partial charge in [-0.25, -0.2) is 0 Å². The second-order valence-electron chi connectivity index (χ2n) is 6.72. The van der Waals surface area contributed by atoms with Crippen molar-refractivity contribution in [1.29, 1.82) is 0 Å². The lowest BCUT2D eigenvalue weighted by molar-refractivity contribution is -0.137. The highest BCUT2D eigenvalue weighted by molar-refractivity contribution is 7.13. The first-order valence-electron chi connectivity index (χ1n) is 9.51. The maximum Gasteiger partial charge on any atom is 0.303 e. The quantitative estimate of drug-likeness (QED) is 0.490. The topological polar surface area (TPSA) is 95.5 Å². The number of hydrogen-bond donors (Lipinski definition) is 3. The molecule has 6 nitrogen and oxygen atoms in total. The van der Waals surface area contributed by atoms with Crippen molar-refractivity contribution in [2.45, 2.75) is 25.4 Å². The highest BCUT2D eigenvalue weighted by Crippen LogP contribution is 2.24. The van der Waals surface area contributed by atoms with Gasteiger partial charge in [0.2, 0.25) is 5.91 Å². The molecule has 0 aliphatic rings. The Morgan fingerprint density at radius 2 is 1.67 bits per heavy atom. The Morgan fingerprint density at radius 1 is 0.933 bits per heavy atom. The minimum Gasteiger partial charge on any atom is -0.481 e. The van der Waals surface area contributed by atoms with Gasteiger partial charge in [0.1, 0.15) is 6.04 Å². The second-order valence-corrected chi connectivity index (χ2v) is 7.66. The molecule has 0 unspecified atom stereocenters. The minimum atomic E-state index is -1.02. The van der Waals surface area contributed by atoms with Crippen LogP contribution in [0, 0.1) is 0 Å². The van der Waals surface area contributed by atoms with Crippen LogP contribution in [0.3, 0.4) is 0 Å². The van der Waals surface area contributed by atoms with Gasteiger partial charge in [-0.1, -0.05) is 48.5 Å². The van der Waals surface area contributed by atoms with E-state index in [0.717, 1.165) is 16.0 Å². The smallest absolute Gasteiger partial charge is 0.303 e. The Bertz CT molecular complexity index is 986. The monoisotopic (exact) mass is 422 g/mol. The molecule has 7 heteroatoms. The molecule has 0 saturated carbocycles. The maximum atomic E-state index is 12.6. The molecule has 0 radical (unpaired) electrons. The molecule has 3 N–H and O–H groups in total. The van der Waals surface area contributed by atoms with Crippen LogP contribution in [0.5, 0.6) is 0 Å². The summed E-state index contributed by atoms with van der Waals surface area (Å²) in [7, 11) is 0. The fraction of sp³-hybridized carbons (Fsp3) is 0.174. The van der Waals surface area contributed by atoms with Gasteiger partial charge in [-0.3, -0.25) is 14.4 Å². The summed E-state index contributed by atoms with van der Waals surface area (Å²) in [5.41, 5.74) is 2.33. The van der Waals surface area contributed by atoms with Crippen molar-refractivity contribution in [3.63, 3.8) is 0 Å². The van der Waals surface area contributed by atoms with E-state index in [2.05, 4.69) is 10.6 Å². The van der Waals surface area contributed by atoms with Crippen molar-refractivity contribution >= 4 is 29.1 Å². The van der Waals surface area contributed by atoms with E-state index >= 15 is 0 Å². The summed E-state index contributed by atoms with van der Waals surface area (Å²) >= 11 is 1.61. The van der Waals surface area contributed by atoms with Crippen LogP contribution < -0.4 is 10.6 Å². The fourth-order valence-corrected chi connectivity index (χ4v) is 3.65. The summed E-state index contributed by atoms with van der Waals surface area (Å²) < 4.78 is 0. The molecule has 0 aliphatic heterocycles. The number of hydrogen-bond acceptors (Lipinski definition) is 4. The third kappa shape index (κ3) is 6.02. The SMILES string of the molecule is O=C(O)CC[C@H](NC(=O)c1ccc(-c2cccs2)cc1)C(=O)NCc1ccccc1. The van der Waals surface area contributed by atoms with Crippen LogP contribution in [0.4, 0.5) is 0 Å². The van der Waals surface area contributed by atoms with E-state index in [9.17, 15) is 14.4 Å². The van der Waals surface area contributed by atoms with Crippen LogP contribution in [0.15, 0.2) is 72.1 Å². The van der Waals surface area contributed by atoms with Crippen LogP contribution in [0.25, 0.3) is 10.4 Å². The number of carbonyl (C=O) groups is 3. The number of nitrogens with one attached hydrogen (secondary N) is 2. The summed E-state index contributed by atoms with van der Waals surface area (Å²) in [4.78, 5) is 37.3. The van der Waals surface area contributed by atoms with E-state index in [1.807, 2.05) is 60.0 Å². The first-order valence-corrected chi connectivity index (χ1v) is 10.4. The van der Waals surface area contributed by atoms with Crippen LogP contribution in [0.1, 0.15) is 28.8 Å². The standard InChI is InChI=1S/C23H22N2O4S/c26-21(27)13-12-19(23(29)24-15-16-5-2-1-3-6-16)25-22(28)18-10-8-17(9-11-18)20-7-4-14-30-20/h1-11,14,19H,12-13,15H2,(H,24,29)(H,25,28)(H,26,27)/t19-/m0/s1. The highest BCUT2D eigenvalue weighted by atomic mass is 32.1.